The van der Waals surface area contributed by atoms with Gasteiger partial charge in [-0.1, -0.05) is 30.3 Å². The highest BCUT2D eigenvalue weighted by atomic mass is 35.5. The number of halogens is 1. The molecule has 1 unspecified atom stereocenters. The van der Waals surface area contributed by atoms with Crippen LogP contribution in [0.15, 0.2) is 35.7 Å². The maximum absolute atomic E-state index is 12.2. The molecule has 1 aliphatic rings. The number of benzene rings is 1. The Bertz CT molecular complexity index is 629. The second-order valence-corrected chi connectivity index (χ2v) is 6.23. The standard InChI is InChI=1S/C16H19N3O2S.ClH/c17-14(12-6-8-21-9-7-12)15(20)19-16-18-13(10-22-16)11-4-2-1-3-5-11;/h1-5,10,12,14H,6-9,17H2,(H,18,19,20);1H. The minimum atomic E-state index is -0.507. The predicted molar refractivity (Wildman–Crippen MR) is 94.9 cm³/mol. The van der Waals surface area contributed by atoms with E-state index >= 15 is 0 Å². The van der Waals surface area contributed by atoms with Crippen molar-refractivity contribution in [3.8, 4) is 11.3 Å². The molecule has 1 aromatic carbocycles. The fraction of sp³-hybridized carbons (Fsp3) is 0.375. The molecule has 3 N–H and O–H groups in total. The van der Waals surface area contributed by atoms with Gasteiger partial charge < -0.3 is 15.8 Å². The lowest BCUT2D eigenvalue weighted by Crippen LogP contribution is -2.43. The van der Waals surface area contributed by atoms with Gasteiger partial charge in [-0.15, -0.1) is 23.7 Å². The zero-order valence-electron chi connectivity index (χ0n) is 12.6. The van der Waals surface area contributed by atoms with Gasteiger partial charge in [0.1, 0.15) is 0 Å². The molecule has 1 amide bonds. The molecule has 7 heteroatoms. The van der Waals surface area contributed by atoms with Gasteiger partial charge in [-0.3, -0.25) is 4.79 Å². The van der Waals surface area contributed by atoms with E-state index in [4.69, 9.17) is 10.5 Å². The van der Waals surface area contributed by atoms with Crippen molar-refractivity contribution in [1.29, 1.82) is 0 Å². The monoisotopic (exact) mass is 353 g/mol. The van der Waals surface area contributed by atoms with Crippen LogP contribution in [-0.4, -0.2) is 30.1 Å². The molecule has 23 heavy (non-hydrogen) atoms. The number of ether oxygens (including phenoxy) is 1. The van der Waals surface area contributed by atoms with E-state index in [1.54, 1.807) is 0 Å². The number of anilines is 1. The molecule has 0 aliphatic carbocycles. The van der Waals surface area contributed by atoms with Crippen molar-refractivity contribution in [2.75, 3.05) is 18.5 Å². The van der Waals surface area contributed by atoms with E-state index in [2.05, 4.69) is 10.3 Å². The lowest BCUT2D eigenvalue weighted by Gasteiger charge is -2.26. The van der Waals surface area contributed by atoms with Crippen molar-refractivity contribution in [3.05, 3.63) is 35.7 Å². The maximum Gasteiger partial charge on any atom is 0.243 e. The van der Waals surface area contributed by atoms with Crippen molar-refractivity contribution in [3.63, 3.8) is 0 Å². The van der Waals surface area contributed by atoms with Crippen molar-refractivity contribution in [2.45, 2.75) is 18.9 Å². The quantitative estimate of drug-likeness (QED) is 0.886. The van der Waals surface area contributed by atoms with Crippen molar-refractivity contribution in [1.82, 2.24) is 4.98 Å². The van der Waals surface area contributed by atoms with E-state index in [1.165, 1.54) is 11.3 Å². The number of nitrogens with zero attached hydrogens (tertiary/aromatic N) is 1. The number of carbonyl (C=O) groups is 1. The first-order valence-electron chi connectivity index (χ1n) is 7.39. The summed E-state index contributed by atoms with van der Waals surface area (Å²) in [5.41, 5.74) is 7.96. The van der Waals surface area contributed by atoms with Gasteiger partial charge in [-0.25, -0.2) is 4.98 Å². The van der Waals surface area contributed by atoms with Gasteiger partial charge in [0.15, 0.2) is 5.13 Å². The fourth-order valence-electron chi connectivity index (χ4n) is 2.55. The molecule has 1 saturated heterocycles. The van der Waals surface area contributed by atoms with Crippen LogP contribution < -0.4 is 11.1 Å². The number of hydrogen-bond donors (Lipinski definition) is 2. The van der Waals surface area contributed by atoms with Crippen LogP contribution in [0.4, 0.5) is 5.13 Å². The number of aromatic nitrogens is 1. The lowest BCUT2D eigenvalue weighted by molar-refractivity contribution is -0.119. The molecular formula is C16H20ClN3O2S. The number of rotatable bonds is 4. The molecule has 0 bridgehead atoms. The van der Waals surface area contributed by atoms with Crippen LogP contribution in [0.25, 0.3) is 11.3 Å². The van der Waals surface area contributed by atoms with E-state index in [0.29, 0.717) is 18.3 Å². The lowest BCUT2D eigenvalue weighted by atomic mass is 9.92. The van der Waals surface area contributed by atoms with Gasteiger partial charge in [-0.05, 0) is 18.8 Å². The van der Waals surface area contributed by atoms with Crippen LogP contribution >= 0.6 is 23.7 Å². The second kappa shape index (κ2) is 8.40. The number of hydrogen-bond acceptors (Lipinski definition) is 5. The molecule has 1 aliphatic heterocycles. The molecular weight excluding hydrogens is 334 g/mol. The van der Waals surface area contributed by atoms with E-state index in [9.17, 15) is 4.79 Å². The minimum Gasteiger partial charge on any atom is -0.381 e. The smallest absolute Gasteiger partial charge is 0.243 e. The van der Waals surface area contributed by atoms with E-state index < -0.39 is 6.04 Å². The van der Waals surface area contributed by atoms with Gasteiger partial charge in [0.25, 0.3) is 0 Å². The summed E-state index contributed by atoms with van der Waals surface area (Å²) < 4.78 is 5.30. The summed E-state index contributed by atoms with van der Waals surface area (Å²) in [5, 5.41) is 5.36. The Hall–Kier alpha value is -1.47. The highest BCUT2D eigenvalue weighted by molar-refractivity contribution is 7.14. The van der Waals surface area contributed by atoms with Crippen molar-refractivity contribution < 1.29 is 9.53 Å². The van der Waals surface area contributed by atoms with Gasteiger partial charge in [0.2, 0.25) is 5.91 Å². The summed E-state index contributed by atoms with van der Waals surface area (Å²) in [6.45, 7) is 1.36. The first-order valence-corrected chi connectivity index (χ1v) is 8.27. The van der Waals surface area contributed by atoms with Crippen LogP contribution in [0, 0.1) is 5.92 Å². The van der Waals surface area contributed by atoms with Crippen LogP contribution in [0.3, 0.4) is 0 Å². The maximum atomic E-state index is 12.2. The average molecular weight is 354 g/mol. The number of nitrogens with one attached hydrogen (secondary N) is 1. The topological polar surface area (TPSA) is 77.2 Å². The number of thiazole rings is 1. The molecule has 0 saturated carbocycles. The third-order valence-corrected chi connectivity index (χ3v) is 4.64. The second-order valence-electron chi connectivity index (χ2n) is 5.37. The summed E-state index contributed by atoms with van der Waals surface area (Å²) in [7, 11) is 0. The van der Waals surface area contributed by atoms with E-state index in [0.717, 1.165) is 24.1 Å². The van der Waals surface area contributed by atoms with Crippen molar-refractivity contribution >= 4 is 34.8 Å². The zero-order chi connectivity index (χ0) is 15.4. The summed E-state index contributed by atoms with van der Waals surface area (Å²) in [5.74, 6) is 0.0168. The van der Waals surface area contributed by atoms with Crippen LogP contribution in [0.2, 0.25) is 0 Å². The van der Waals surface area contributed by atoms with E-state index in [-0.39, 0.29) is 24.2 Å². The van der Waals surface area contributed by atoms with Gasteiger partial charge in [0, 0.05) is 24.2 Å². The Balaban J connectivity index is 0.00000192. The highest BCUT2D eigenvalue weighted by Crippen LogP contribution is 2.25. The molecule has 5 nitrogen and oxygen atoms in total. The molecule has 1 atom stereocenters. The van der Waals surface area contributed by atoms with E-state index in [1.807, 2.05) is 35.7 Å². The first-order chi connectivity index (χ1) is 10.7. The Morgan fingerprint density at radius 3 is 2.70 bits per heavy atom. The molecule has 2 heterocycles. The van der Waals surface area contributed by atoms with Gasteiger partial charge in [-0.2, -0.15) is 0 Å². The first kappa shape index (κ1) is 17.9. The Labute approximate surface area is 145 Å². The SMILES string of the molecule is Cl.NC(C(=O)Nc1nc(-c2ccccc2)cs1)C1CCOCC1. The fourth-order valence-corrected chi connectivity index (χ4v) is 3.27. The van der Waals surface area contributed by atoms with Crippen LogP contribution in [0.5, 0.6) is 0 Å². The zero-order valence-corrected chi connectivity index (χ0v) is 14.2. The van der Waals surface area contributed by atoms with Gasteiger partial charge in [0.05, 0.1) is 11.7 Å². The Kier molecular flexibility index (Phi) is 6.53. The highest BCUT2D eigenvalue weighted by Gasteiger charge is 2.27. The number of amides is 1. The largest absolute Gasteiger partial charge is 0.381 e. The molecule has 3 rings (SSSR count). The molecule has 2 aromatic rings. The predicted octanol–water partition coefficient (Wildman–Crippen LogP) is 2.92. The summed E-state index contributed by atoms with van der Waals surface area (Å²) in [6, 6.07) is 9.38. The van der Waals surface area contributed by atoms with Crippen LogP contribution in [0.1, 0.15) is 12.8 Å². The average Bonchev–Trinajstić information content (AvgIpc) is 3.04. The van der Waals surface area contributed by atoms with Crippen molar-refractivity contribution in [2.24, 2.45) is 11.7 Å². The summed E-state index contributed by atoms with van der Waals surface area (Å²) in [6.07, 6.45) is 1.67. The number of carbonyl (C=O) groups excluding carboxylic acids is 1. The molecule has 0 radical (unpaired) electrons. The Morgan fingerprint density at radius 1 is 1.30 bits per heavy atom. The van der Waals surface area contributed by atoms with Crippen LogP contribution in [-0.2, 0) is 9.53 Å². The minimum absolute atomic E-state index is 0. The summed E-state index contributed by atoms with van der Waals surface area (Å²) in [4.78, 5) is 16.7. The molecule has 1 aromatic heterocycles. The molecule has 124 valence electrons. The molecule has 1 fully saturated rings. The third-order valence-electron chi connectivity index (χ3n) is 3.88. The Morgan fingerprint density at radius 2 is 2.00 bits per heavy atom. The normalized spacial score (nSPS) is 16.4. The third kappa shape index (κ3) is 4.51. The summed E-state index contributed by atoms with van der Waals surface area (Å²) >= 11 is 1.41. The molecule has 0 spiro atoms. The van der Waals surface area contributed by atoms with Gasteiger partial charge >= 0.3 is 0 Å². The number of nitrogens with two attached hydrogens (primary N) is 1.